The Morgan fingerprint density at radius 1 is 0.576 bits per heavy atom. The van der Waals surface area contributed by atoms with Gasteiger partial charge in [-0.15, -0.1) is 11.3 Å². The van der Waals surface area contributed by atoms with Crippen LogP contribution in [0.25, 0.3) is 43.0 Å². The molecule has 0 radical (unpaired) electrons. The average Bonchev–Trinajstić information content (AvgIpc) is 3.32. The van der Waals surface area contributed by atoms with Crippen molar-refractivity contribution in [3.63, 3.8) is 0 Å². The van der Waals surface area contributed by atoms with Crippen molar-refractivity contribution in [3.8, 4) is 51.0 Å². The van der Waals surface area contributed by atoms with E-state index in [1.807, 2.05) is 36.4 Å². The van der Waals surface area contributed by atoms with Gasteiger partial charge in [-0.05, 0) is 76.9 Å². The van der Waals surface area contributed by atoms with E-state index in [2.05, 4.69) is 42.5 Å². The van der Waals surface area contributed by atoms with Gasteiger partial charge in [0.05, 0.1) is 33.0 Å². The summed E-state index contributed by atoms with van der Waals surface area (Å²) >= 11 is 1.63. The van der Waals surface area contributed by atoms with Gasteiger partial charge in [-0.3, -0.25) is 0 Å². The van der Waals surface area contributed by atoms with Crippen molar-refractivity contribution < 1.29 is 0 Å². The Morgan fingerprint density at radius 2 is 1.24 bits per heavy atom. The lowest BCUT2D eigenvalue weighted by molar-refractivity contribution is 1.43. The molecule has 152 valence electrons. The van der Waals surface area contributed by atoms with Crippen molar-refractivity contribution in [2.45, 2.75) is 0 Å². The van der Waals surface area contributed by atoms with Gasteiger partial charge in [0.1, 0.15) is 17.1 Å². The smallest absolute Gasteiger partial charge is 0.124 e. The molecule has 4 aromatic carbocycles. The van der Waals surface area contributed by atoms with E-state index in [9.17, 15) is 10.5 Å². The van der Waals surface area contributed by atoms with Crippen molar-refractivity contribution in [2.75, 3.05) is 0 Å². The predicted molar refractivity (Wildman–Crippen MR) is 130 cm³/mol. The molecule has 0 atom stereocenters. The Kier molecular flexibility index (Phi) is 5.13. The lowest BCUT2D eigenvalue weighted by atomic mass is 9.94. The summed E-state index contributed by atoms with van der Waals surface area (Å²) in [5.41, 5.74) is 6.96. The van der Waals surface area contributed by atoms with Gasteiger partial charge in [-0.2, -0.15) is 15.8 Å². The van der Waals surface area contributed by atoms with Crippen molar-refractivity contribution in [1.29, 1.82) is 15.8 Å². The second-order valence-corrected chi connectivity index (χ2v) is 8.49. The molecule has 0 spiro atoms. The van der Waals surface area contributed by atoms with Crippen LogP contribution < -0.4 is 0 Å². The number of hydrogen-bond acceptors (Lipinski definition) is 5. The van der Waals surface area contributed by atoms with Crippen LogP contribution >= 0.6 is 11.3 Å². The van der Waals surface area contributed by atoms with E-state index < -0.39 is 0 Å². The van der Waals surface area contributed by atoms with E-state index >= 15 is 0 Å². The van der Waals surface area contributed by atoms with Crippen LogP contribution in [-0.4, -0.2) is 4.98 Å². The zero-order valence-electron chi connectivity index (χ0n) is 17.3. The molecule has 5 heteroatoms. The molecule has 5 aromatic rings. The van der Waals surface area contributed by atoms with Gasteiger partial charge < -0.3 is 0 Å². The van der Waals surface area contributed by atoms with E-state index in [-0.39, 0.29) is 0 Å². The van der Waals surface area contributed by atoms with E-state index in [1.165, 1.54) is 0 Å². The zero-order valence-corrected chi connectivity index (χ0v) is 18.1. The molecule has 0 bridgehead atoms. The number of nitrogens with zero attached hydrogens (tertiary/aromatic N) is 4. The number of rotatable bonds is 3. The first-order chi connectivity index (χ1) is 16.2. The van der Waals surface area contributed by atoms with Gasteiger partial charge in [0.15, 0.2) is 0 Å². The fraction of sp³-hybridized carbons (Fsp3) is 0. The summed E-state index contributed by atoms with van der Waals surface area (Å²) in [6, 6.07) is 33.3. The highest BCUT2D eigenvalue weighted by atomic mass is 32.1. The summed E-state index contributed by atoms with van der Waals surface area (Å²) < 4.78 is 1.11. The number of fused-ring (bicyclic) bond motifs is 1. The Labute approximate surface area is 194 Å². The first-order valence-corrected chi connectivity index (χ1v) is 11.0. The minimum absolute atomic E-state index is 0.348. The van der Waals surface area contributed by atoms with Crippen LogP contribution in [0.4, 0.5) is 0 Å². The van der Waals surface area contributed by atoms with E-state index in [0.29, 0.717) is 16.7 Å². The molecule has 0 saturated carbocycles. The summed E-state index contributed by atoms with van der Waals surface area (Å²) in [6.45, 7) is 0. The fourth-order valence-electron chi connectivity index (χ4n) is 3.73. The standard InChI is InChI=1S/C28H14N4S/c29-15-18-5-7-19(8-6-18)22-12-23(20-9-10-21(16-30)25(11-20)17-31)14-24(13-22)28-32-26-3-1-2-4-27(26)33-28/h1-14H. The zero-order chi connectivity index (χ0) is 22.8. The number of hydrogen-bond donors (Lipinski definition) is 0. The first-order valence-electron chi connectivity index (χ1n) is 10.1. The van der Waals surface area contributed by atoms with Crippen LogP contribution in [-0.2, 0) is 0 Å². The molecule has 0 aliphatic carbocycles. The third-order valence-corrected chi connectivity index (χ3v) is 6.50. The van der Waals surface area contributed by atoms with Crippen molar-refractivity contribution >= 4 is 21.6 Å². The van der Waals surface area contributed by atoms with Crippen LogP contribution in [0.2, 0.25) is 0 Å². The molecule has 5 rings (SSSR count). The molecule has 0 N–H and O–H groups in total. The number of aromatic nitrogens is 1. The number of para-hydroxylation sites is 1. The second kappa shape index (κ2) is 8.40. The highest BCUT2D eigenvalue weighted by Crippen LogP contribution is 2.36. The molecule has 33 heavy (non-hydrogen) atoms. The SMILES string of the molecule is N#Cc1ccc(-c2cc(-c3ccc(C#N)c(C#N)c3)cc(-c3nc4ccccc4s3)c2)cc1. The van der Waals surface area contributed by atoms with Gasteiger partial charge in [-0.1, -0.05) is 30.3 Å². The maximum absolute atomic E-state index is 9.48. The Bertz CT molecular complexity index is 1610. The van der Waals surface area contributed by atoms with Crippen LogP contribution in [0.1, 0.15) is 16.7 Å². The molecule has 0 amide bonds. The maximum atomic E-state index is 9.48. The molecule has 0 aliphatic rings. The van der Waals surface area contributed by atoms with Gasteiger partial charge in [0, 0.05) is 5.56 Å². The fourth-order valence-corrected chi connectivity index (χ4v) is 4.68. The number of thiazole rings is 1. The molecule has 0 saturated heterocycles. The summed E-state index contributed by atoms with van der Waals surface area (Å²) in [5.74, 6) is 0. The third kappa shape index (κ3) is 3.84. The molecule has 0 aliphatic heterocycles. The predicted octanol–water partition coefficient (Wildman–Crippen LogP) is 6.91. The second-order valence-electron chi connectivity index (χ2n) is 7.46. The van der Waals surface area contributed by atoms with Crippen LogP contribution in [0.3, 0.4) is 0 Å². The Balaban J connectivity index is 1.71. The van der Waals surface area contributed by atoms with Gasteiger partial charge >= 0.3 is 0 Å². The van der Waals surface area contributed by atoms with Crippen LogP contribution in [0.15, 0.2) is 84.9 Å². The summed E-state index contributed by atoms with van der Waals surface area (Å²) in [6.07, 6.45) is 0. The summed E-state index contributed by atoms with van der Waals surface area (Å²) in [4.78, 5) is 4.82. The van der Waals surface area contributed by atoms with Crippen LogP contribution in [0.5, 0.6) is 0 Å². The maximum Gasteiger partial charge on any atom is 0.124 e. The van der Waals surface area contributed by atoms with Crippen molar-refractivity contribution in [3.05, 3.63) is 102 Å². The molecule has 1 heterocycles. The van der Waals surface area contributed by atoms with Crippen LogP contribution in [0, 0.1) is 34.0 Å². The number of benzene rings is 4. The van der Waals surface area contributed by atoms with Gasteiger partial charge in [-0.25, -0.2) is 4.98 Å². The first kappa shape index (κ1) is 20.2. The normalized spacial score (nSPS) is 10.3. The van der Waals surface area contributed by atoms with E-state index in [0.717, 1.165) is 43.0 Å². The summed E-state index contributed by atoms with van der Waals surface area (Å²) in [7, 11) is 0. The molecule has 1 aromatic heterocycles. The van der Waals surface area contributed by atoms with E-state index in [4.69, 9.17) is 10.2 Å². The van der Waals surface area contributed by atoms with E-state index in [1.54, 1.807) is 35.6 Å². The molecule has 0 unspecified atom stereocenters. The number of nitriles is 3. The Morgan fingerprint density at radius 3 is 1.94 bits per heavy atom. The molecular formula is C28H14N4S. The topological polar surface area (TPSA) is 84.3 Å². The van der Waals surface area contributed by atoms with Crippen molar-refractivity contribution in [2.24, 2.45) is 0 Å². The third-order valence-electron chi connectivity index (χ3n) is 5.41. The largest absolute Gasteiger partial charge is 0.236 e. The quantitative estimate of drug-likeness (QED) is 0.306. The highest BCUT2D eigenvalue weighted by molar-refractivity contribution is 7.21. The average molecular weight is 439 g/mol. The lowest BCUT2D eigenvalue weighted by Gasteiger charge is -2.10. The van der Waals surface area contributed by atoms with Gasteiger partial charge in [0.25, 0.3) is 0 Å². The van der Waals surface area contributed by atoms with Gasteiger partial charge in [0.2, 0.25) is 0 Å². The lowest BCUT2D eigenvalue weighted by Crippen LogP contribution is -1.89. The summed E-state index contributed by atoms with van der Waals surface area (Å²) in [5, 5.41) is 28.8. The molecule has 4 nitrogen and oxygen atoms in total. The van der Waals surface area contributed by atoms with Crippen molar-refractivity contribution in [1.82, 2.24) is 4.98 Å². The molecule has 0 fully saturated rings. The minimum atomic E-state index is 0.348. The monoisotopic (exact) mass is 438 g/mol. The Hall–Kier alpha value is -4.76. The minimum Gasteiger partial charge on any atom is -0.236 e. The highest BCUT2D eigenvalue weighted by Gasteiger charge is 2.12. The molecular weight excluding hydrogens is 424 g/mol.